The van der Waals surface area contributed by atoms with Gasteiger partial charge >= 0.3 is 0 Å². The molecule has 1 N–H and O–H groups in total. The molecular formula is C30H32FN5O2. The van der Waals surface area contributed by atoms with Crippen LogP contribution >= 0.6 is 0 Å². The number of aryl methyl sites for hydroxylation is 2. The number of carbonyl (C=O) groups excluding carboxylic acids is 2. The molecule has 5 rings (SSSR count). The number of nitrogens with one attached hydrogen (secondary N) is 1. The predicted molar refractivity (Wildman–Crippen MR) is 145 cm³/mol. The standard InChI is InChI=1S/C30H32FN5O2/c1-4-30(2,3)32-29(38)28(23-12-5-6-13-24(23)31)36(22-17-16-20-10-9-11-21(20)18-22)27(37)19-35-26-15-8-7-14-25(26)33-34-35/h5-8,12-18,28H,4,9-11,19H2,1-3H3,(H,32,38). The van der Waals surface area contributed by atoms with Crippen molar-refractivity contribution in [3.8, 4) is 0 Å². The average molecular weight is 514 g/mol. The Balaban J connectivity index is 1.63. The Labute approximate surface area is 221 Å². The fourth-order valence-electron chi connectivity index (χ4n) is 4.97. The van der Waals surface area contributed by atoms with Gasteiger partial charge in [0.25, 0.3) is 0 Å². The van der Waals surface area contributed by atoms with Gasteiger partial charge in [-0.15, -0.1) is 5.10 Å². The van der Waals surface area contributed by atoms with Gasteiger partial charge < -0.3 is 5.32 Å². The van der Waals surface area contributed by atoms with Crippen molar-refractivity contribution in [1.29, 1.82) is 0 Å². The molecule has 4 aromatic rings. The van der Waals surface area contributed by atoms with Gasteiger partial charge in [-0.3, -0.25) is 14.5 Å². The molecule has 0 spiro atoms. The summed E-state index contributed by atoms with van der Waals surface area (Å²) in [6.45, 7) is 5.63. The first kappa shape index (κ1) is 25.6. The lowest BCUT2D eigenvalue weighted by Crippen LogP contribution is -2.51. The smallest absolute Gasteiger partial charge is 0.249 e. The number of hydrogen-bond donors (Lipinski definition) is 1. The molecule has 1 unspecified atom stereocenters. The molecule has 1 aromatic heterocycles. The van der Waals surface area contributed by atoms with Gasteiger partial charge in [0, 0.05) is 16.8 Å². The quantitative estimate of drug-likeness (QED) is 0.354. The van der Waals surface area contributed by atoms with Crippen LogP contribution in [0.1, 0.15) is 56.3 Å². The van der Waals surface area contributed by atoms with E-state index in [4.69, 9.17) is 0 Å². The van der Waals surface area contributed by atoms with Gasteiger partial charge in [-0.1, -0.05) is 48.5 Å². The highest BCUT2D eigenvalue weighted by molar-refractivity contribution is 6.01. The van der Waals surface area contributed by atoms with Gasteiger partial charge in [-0.05, 0) is 81.0 Å². The number of halogens is 1. The van der Waals surface area contributed by atoms with Crippen molar-refractivity contribution in [2.75, 3.05) is 4.90 Å². The van der Waals surface area contributed by atoms with Gasteiger partial charge in [-0.2, -0.15) is 0 Å². The number of rotatable bonds is 8. The second-order valence-corrected chi connectivity index (χ2v) is 10.5. The summed E-state index contributed by atoms with van der Waals surface area (Å²) in [5, 5.41) is 11.4. The van der Waals surface area contributed by atoms with Gasteiger partial charge in [0.1, 0.15) is 23.9 Å². The third-order valence-corrected chi connectivity index (χ3v) is 7.39. The number of benzene rings is 3. The number of amides is 2. The van der Waals surface area contributed by atoms with Gasteiger partial charge in [-0.25, -0.2) is 9.07 Å². The molecule has 1 atom stereocenters. The molecular weight excluding hydrogens is 481 g/mol. The molecule has 1 aliphatic carbocycles. The second-order valence-electron chi connectivity index (χ2n) is 10.5. The fraction of sp³-hybridized carbons (Fsp3) is 0.333. The monoisotopic (exact) mass is 513 g/mol. The van der Waals surface area contributed by atoms with Crippen LogP contribution in [-0.4, -0.2) is 32.3 Å². The summed E-state index contributed by atoms with van der Waals surface area (Å²) in [4.78, 5) is 29.5. The van der Waals surface area contributed by atoms with E-state index in [1.165, 1.54) is 21.2 Å². The largest absolute Gasteiger partial charge is 0.349 e. The molecule has 0 fully saturated rings. The van der Waals surface area contributed by atoms with Crippen LogP contribution < -0.4 is 10.2 Å². The minimum Gasteiger partial charge on any atom is -0.349 e. The molecule has 8 heteroatoms. The molecule has 0 saturated heterocycles. The van der Waals surface area contributed by atoms with Crippen LogP contribution in [0, 0.1) is 5.82 Å². The maximum absolute atomic E-state index is 15.3. The summed E-state index contributed by atoms with van der Waals surface area (Å²) in [7, 11) is 0. The zero-order valence-corrected chi connectivity index (χ0v) is 21.9. The van der Waals surface area contributed by atoms with Crippen molar-refractivity contribution in [1.82, 2.24) is 20.3 Å². The minimum atomic E-state index is -1.22. The highest BCUT2D eigenvalue weighted by Gasteiger charge is 2.37. The van der Waals surface area contributed by atoms with E-state index in [2.05, 4.69) is 15.6 Å². The summed E-state index contributed by atoms with van der Waals surface area (Å²) in [5.74, 6) is -1.39. The van der Waals surface area contributed by atoms with Crippen molar-refractivity contribution in [2.24, 2.45) is 0 Å². The topological polar surface area (TPSA) is 80.1 Å². The number of carbonyl (C=O) groups is 2. The van der Waals surface area contributed by atoms with E-state index in [-0.39, 0.29) is 12.1 Å². The first-order valence-corrected chi connectivity index (χ1v) is 13.1. The lowest BCUT2D eigenvalue weighted by Gasteiger charge is -2.35. The molecule has 0 bridgehead atoms. The van der Waals surface area contributed by atoms with E-state index < -0.39 is 29.2 Å². The summed E-state index contributed by atoms with van der Waals surface area (Å²) < 4.78 is 16.8. The lowest BCUT2D eigenvalue weighted by molar-refractivity contribution is -0.128. The zero-order valence-electron chi connectivity index (χ0n) is 21.9. The first-order chi connectivity index (χ1) is 18.3. The highest BCUT2D eigenvalue weighted by Crippen LogP contribution is 2.34. The summed E-state index contributed by atoms with van der Waals surface area (Å²) in [6, 6.07) is 18.1. The van der Waals surface area contributed by atoms with Crippen LogP contribution in [0.15, 0.2) is 66.7 Å². The van der Waals surface area contributed by atoms with E-state index in [9.17, 15) is 9.59 Å². The van der Waals surface area contributed by atoms with Crippen LogP contribution in [0.2, 0.25) is 0 Å². The third-order valence-electron chi connectivity index (χ3n) is 7.39. The molecule has 3 aromatic carbocycles. The number of anilines is 1. The molecule has 196 valence electrons. The fourth-order valence-corrected chi connectivity index (χ4v) is 4.97. The Bertz CT molecular complexity index is 1500. The second kappa shape index (κ2) is 10.4. The van der Waals surface area contributed by atoms with Crippen LogP contribution in [0.4, 0.5) is 10.1 Å². The van der Waals surface area contributed by atoms with Gasteiger partial charge in [0.15, 0.2) is 0 Å². The number of aromatic nitrogens is 3. The molecule has 2 amide bonds. The van der Waals surface area contributed by atoms with Crippen molar-refractivity contribution >= 4 is 28.5 Å². The molecule has 0 radical (unpaired) electrons. The van der Waals surface area contributed by atoms with Crippen molar-refractivity contribution in [2.45, 2.75) is 64.6 Å². The number of nitrogens with zero attached hydrogens (tertiary/aromatic N) is 4. The maximum atomic E-state index is 15.3. The Morgan fingerprint density at radius 2 is 1.79 bits per heavy atom. The molecule has 0 saturated carbocycles. The number of para-hydroxylation sites is 1. The lowest BCUT2D eigenvalue weighted by atomic mass is 9.97. The minimum absolute atomic E-state index is 0.134. The SMILES string of the molecule is CCC(C)(C)NC(=O)C(c1ccccc1F)N(C(=O)Cn1nnc2ccccc21)c1ccc2c(c1)CCC2. The predicted octanol–water partition coefficient (Wildman–Crippen LogP) is 5.14. The van der Waals surface area contributed by atoms with Crippen molar-refractivity contribution in [3.63, 3.8) is 0 Å². The summed E-state index contributed by atoms with van der Waals surface area (Å²) in [5.41, 5.74) is 3.89. The van der Waals surface area contributed by atoms with E-state index in [1.807, 2.05) is 63.2 Å². The van der Waals surface area contributed by atoms with Crippen LogP contribution in [0.3, 0.4) is 0 Å². The van der Waals surface area contributed by atoms with Crippen LogP contribution in [-0.2, 0) is 29.0 Å². The van der Waals surface area contributed by atoms with Crippen LogP contribution in [0.5, 0.6) is 0 Å². The third kappa shape index (κ3) is 5.03. The average Bonchev–Trinajstić information content (AvgIpc) is 3.54. The highest BCUT2D eigenvalue weighted by atomic mass is 19.1. The molecule has 38 heavy (non-hydrogen) atoms. The summed E-state index contributed by atoms with van der Waals surface area (Å²) >= 11 is 0. The molecule has 7 nitrogen and oxygen atoms in total. The van der Waals surface area contributed by atoms with Gasteiger partial charge in [0.05, 0.1) is 5.52 Å². The Morgan fingerprint density at radius 1 is 1.05 bits per heavy atom. The maximum Gasteiger partial charge on any atom is 0.249 e. The first-order valence-electron chi connectivity index (χ1n) is 13.1. The Kier molecular flexibility index (Phi) is 6.97. The van der Waals surface area contributed by atoms with E-state index in [0.29, 0.717) is 23.1 Å². The van der Waals surface area contributed by atoms with Crippen LogP contribution in [0.25, 0.3) is 11.0 Å². The normalized spacial score (nSPS) is 13.8. The van der Waals surface area contributed by atoms with E-state index in [0.717, 1.165) is 24.8 Å². The van der Waals surface area contributed by atoms with E-state index >= 15 is 4.39 Å². The van der Waals surface area contributed by atoms with Gasteiger partial charge in [0.2, 0.25) is 11.8 Å². The van der Waals surface area contributed by atoms with Crippen molar-refractivity contribution in [3.05, 3.63) is 89.2 Å². The number of hydrogen-bond acceptors (Lipinski definition) is 4. The number of fused-ring (bicyclic) bond motifs is 2. The Morgan fingerprint density at radius 3 is 2.58 bits per heavy atom. The summed E-state index contributed by atoms with van der Waals surface area (Å²) in [6.07, 6.45) is 3.59. The zero-order chi connectivity index (χ0) is 26.9. The van der Waals surface area contributed by atoms with E-state index in [1.54, 1.807) is 18.2 Å². The van der Waals surface area contributed by atoms with Crippen molar-refractivity contribution < 1.29 is 14.0 Å². The molecule has 1 aliphatic rings. The molecule has 0 aliphatic heterocycles. The Hall–Kier alpha value is -4.07. The molecule has 1 heterocycles.